The van der Waals surface area contributed by atoms with Gasteiger partial charge in [0.2, 0.25) is 35.4 Å². The largest absolute Gasteiger partial charge is 0.347 e. The number of carbonyl (C=O) groups excluding carboxylic acids is 8. The molecule has 2 aliphatic carbocycles. The van der Waals surface area contributed by atoms with Crippen molar-refractivity contribution in [3.63, 3.8) is 0 Å². The Bertz CT molecular complexity index is 2600. The highest BCUT2D eigenvalue weighted by molar-refractivity contribution is 5.99. The SMILES string of the molecule is CN[C@@H](C)C(=O)N[C@H]1CC#CC#CC[C@H](NC(=O)[C@H](C)NC)C(=O)N2C[C@H](C[C@H]2C(=O)N[C@@H]2CCCc3ccccc32)NC(=O)c2ccc(cc2)C(=O)N[C@H]2C[C@@H](C(=O)N[C@@H]3CCCc4ccccc43)N(C2)C1=O.Cl.Cl. The summed E-state index contributed by atoms with van der Waals surface area (Å²) in [4.78, 5) is 116. The van der Waals surface area contributed by atoms with Crippen molar-refractivity contribution < 1.29 is 38.4 Å². The molecule has 2 fully saturated rings. The fourth-order valence-corrected chi connectivity index (χ4v) is 10.6. The number of benzene rings is 3. The molecular weight excluding hydrogens is 1010 g/mol. The second-order valence-electron chi connectivity index (χ2n) is 19.9. The third-order valence-electron chi connectivity index (χ3n) is 15.0. The van der Waals surface area contributed by atoms with Gasteiger partial charge in [-0.25, -0.2) is 0 Å². The van der Waals surface area contributed by atoms with E-state index >= 15 is 0 Å². The van der Waals surface area contributed by atoms with Crippen LogP contribution >= 0.6 is 24.8 Å². The predicted octanol–water partition coefficient (Wildman–Crippen LogP) is 2.30. The average Bonchev–Trinajstić information content (AvgIpc) is 4.05. The minimum absolute atomic E-state index is 0. The molecule has 18 nitrogen and oxygen atoms in total. The van der Waals surface area contributed by atoms with Gasteiger partial charge in [-0.3, -0.25) is 38.4 Å². The van der Waals surface area contributed by atoms with Crippen molar-refractivity contribution >= 4 is 72.1 Å². The Kier molecular flexibility index (Phi) is 20.5. The van der Waals surface area contributed by atoms with Gasteiger partial charge in [-0.1, -0.05) is 60.4 Å². The summed E-state index contributed by atoms with van der Waals surface area (Å²) in [7, 11) is 3.21. The molecule has 2 saturated heterocycles. The van der Waals surface area contributed by atoms with Gasteiger partial charge in [0, 0.05) is 49.1 Å². The second-order valence-corrected chi connectivity index (χ2v) is 19.9. The quantitative estimate of drug-likeness (QED) is 0.138. The van der Waals surface area contributed by atoms with Crippen LogP contribution in [0.4, 0.5) is 0 Å². The summed E-state index contributed by atoms with van der Waals surface area (Å²) in [5, 5.41) is 23.7. The number of fused-ring (bicyclic) bond motifs is 13. The summed E-state index contributed by atoms with van der Waals surface area (Å²) in [6.45, 7) is 3.17. The smallest absolute Gasteiger partial charge is 0.251 e. The zero-order chi connectivity index (χ0) is 52.5. The highest BCUT2D eigenvalue weighted by Gasteiger charge is 2.45. The van der Waals surface area contributed by atoms with E-state index in [0.717, 1.165) is 47.9 Å². The number of halogens is 2. The van der Waals surface area contributed by atoms with Gasteiger partial charge in [-0.2, -0.15) is 0 Å². The van der Waals surface area contributed by atoms with E-state index in [0.29, 0.717) is 12.8 Å². The van der Waals surface area contributed by atoms with E-state index in [-0.39, 0.29) is 86.8 Å². The van der Waals surface area contributed by atoms with Crippen molar-refractivity contribution in [3.05, 3.63) is 106 Å². The molecule has 76 heavy (non-hydrogen) atoms. The molecular formula is C56H68Cl2N10O8. The highest BCUT2D eigenvalue weighted by atomic mass is 35.5. The van der Waals surface area contributed by atoms with Crippen molar-refractivity contribution in [1.82, 2.24) is 52.3 Å². The maximum absolute atomic E-state index is 14.8. The molecule has 0 spiro atoms. The van der Waals surface area contributed by atoms with Crippen LogP contribution in [0.15, 0.2) is 72.8 Å². The van der Waals surface area contributed by atoms with E-state index in [2.05, 4.69) is 66.2 Å². The van der Waals surface area contributed by atoms with Crippen LogP contribution in [0.2, 0.25) is 0 Å². The third-order valence-corrected chi connectivity index (χ3v) is 15.0. The third kappa shape index (κ3) is 13.7. The topological polar surface area (TPSA) is 239 Å². The lowest BCUT2D eigenvalue weighted by atomic mass is 9.87. The number of amides is 8. The van der Waals surface area contributed by atoms with E-state index in [4.69, 9.17) is 0 Å². The van der Waals surface area contributed by atoms with Crippen LogP contribution in [0.5, 0.6) is 0 Å². The Morgan fingerprint density at radius 1 is 0.553 bits per heavy atom. The maximum Gasteiger partial charge on any atom is 0.251 e. The van der Waals surface area contributed by atoms with Gasteiger partial charge in [-0.15, -0.1) is 24.8 Å². The van der Waals surface area contributed by atoms with E-state index in [9.17, 15) is 38.4 Å². The second kappa shape index (κ2) is 26.7. The van der Waals surface area contributed by atoms with Gasteiger partial charge in [-0.05, 0) is 138 Å². The molecule has 4 heterocycles. The number of rotatable bonds is 10. The van der Waals surface area contributed by atoms with E-state index in [1.807, 2.05) is 48.5 Å². The zero-order valence-electron chi connectivity index (χ0n) is 43.2. The zero-order valence-corrected chi connectivity index (χ0v) is 44.8. The number of nitrogens with one attached hydrogen (secondary N) is 8. The number of nitrogens with zero attached hydrogens (tertiary/aromatic N) is 2. The van der Waals surface area contributed by atoms with Crippen molar-refractivity contribution in [2.75, 3.05) is 27.2 Å². The Labute approximate surface area is 456 Å². The Morgan fingerprint density at radius 2 is 0.934 bits per heavy atom. The molecule has 10 atom stereocenters. The number of hydrogen-bond acceptors (Lipinski definition) is 10. The summed E-state index contributed by atoms with van der Waals surface area (Å²) in [6, 6.07) is 14.1. The Morgan fingerprint density at radius 3 is 1.32 bits per heavy atom. The first-order valence-corrected chi connectivity index (χ1v) is 25.7. The van der Waals surface area contributed by atoms with Crippen LogP contribution in [-0.2, 0) is 41.6 Å². The van der Waals surface area contributed by atoms with Crippen LogP contribution in [0.1, 0.15) is 120 Å². The van der Waals surface area contributed by atoms with Crippen LogP contribution < -0.4 is 42.5 Å². The van der Waals surface area contributed by atoms with E-state index < -0.39 is 95.6 Å². The molecule has 8 N–H and O–H groups in total. The number of carbonyl (C=O) groups is 8. The van der Waals surface area contributed by atoms with Crippen LogP contribution in [0.25, 0.3) is 0 Å². The lowest BCUT2D eigenvalue weighted by Crippen LogP contribution is -2.55. The molecule has 6 aliphatic rings. The van der Waals surface area contributed by atoms with E-state index in [1.165, 1.54) is 34.1 Å². The molecule has 4 aliphatic heterocycles. The van der Waals surface area contributed by atoms with Crippen molar-refractivity contribution in [2.24, 2.45) is 0 Å². The summed E-state index contributed by atoms with van der Waals surface area (Å²) >= 11 is 0. The molecule has 3 aromatic rings. The first-order chi connectivity index (χ1) is 35.7. The number of likely N-dealkylation sites (N-methyl/N-ethyl adjacent to an activating group) is 2. The van der Waals surface area contributed by atoms with Crippen molar-refractivity contribution in [2.45, 2.75) is 138 Å². The van der Waals surface area contributed by atoms with Gasteiger partial charge in [0.05, 0.1) is 24.2 Å². The van der Waals surface area contributed by atoms with Crippen molar-refractivity contribution in [1.29, 1.82) is 0 Å². The number of aryl methyl sites for hydroxylation is 2. The van der Waals surface area contributed by atoms with Crippen LogP contribution in [0, 0.1) is 23.7 Å². The first kappa shape index (κ1) is 58.3. The summed E-state index contributed by atoms with van der Waals surface area (Å²) < 4.78 is 0. The lowest BCUT2D eigenvalue weighted by molar-refractivity contribution is -0.141. The van der Waals surface area contributed by atoms with Gasteiger partial charge in [0.25, 0.3) is 11.8 Å². The fourth-order valence-electron chi connectivity index (χ4n) is 10.6. The average molecular weight is 1080 g/mol. The predicted molar refractivity (Wildman–Crippen MR) is 290 cm³/mol. The molecule has 0 aromatic heterocycles. The Hall–Kier alpha value is -6.96. The number of hydrogen-bond donors (Lipinski definition) is 8. The molecule has 404 valence electrons. The van der Waals surface area contributed by atoms with Gasteiger partial charge >= 0.3 is 0 Å². The van der Waals surface area contributed by atoms with Gasteiger partial charge in [0.15, 0.2) is 0 Å². The summed E-state index contributed by atoms with van der Waals surface area (Å²) in [5.41, 5.74) is 4.76. The summed E-state index contributed by atoms with van der Waals surface area (Å²) in [6.07, 6.45) is 4.66. The molecule has 6 bridgehead atoms. The first-order valence-electron chi connectivity index (χ1n) is 25.7. The molecule has 0 saturated carbocycles. The molecule has 0 unspecified atom stereocenters. The normalized spacial score (nSPS) is 25.0. The van der Waals surface area contributed by atoms with Crippen molar-refractivity contribution in [3.8, 4) is 23.7 Å². The highest BCUT2D eigenvalue weighted by Crippen LogP contribution is 2.32. The van der Waals surface area contributed by atoms with Gasteiger partial charge in [0.1, 0.15) is 24.2 Å². The van der Waals surface area contributed by atoms with Gasteiger partial charge < -0.3 is 52.3 Å². The lowest BCUT2D eigenvalue weighted by Gasteiger charge is -2.31. The molecule has 9 rings (SSSR count). The van der Waals surface area contributed by atoms with Crippen LogP contribution in [0.3, 0.4) is 0 Å². The molecule has 0 radical (unpaired) electrons. The molecule has 8 amide bonds. The van der Waals surface area contributed by atoms with E-state index in [1.54, 1.807) is 27.9 Å². The molecule has 20 heteroatoms. The minimum Gasteiger partial charge on any atom is -0.347 e. The van der Waals surface area contributed by atoms with Crippen LogP contribution in [-0.4, -0.2) is 133 Å². The molecule has 3 aromatic carbocycles. The fraction of sp³-hybridized carbons (Fsp3) is 0.464. The standard InChI is InChI=1S/C56H66N10O8.2ClH/c1-33(57-3)49(67)63-45-21-7-5-6-8-22-46(64-50(68)34(2)58-4)56(74)66-32-40(30-48(66)54(72)62-44-24-14-18-36-16-10-12-20-42(36)44)60-52(70)38-27-25-37(26-28-38)51(69)59-39-29-47(65(31-39)55(45)73)53(71)61-43-23-13-17-35-15-9-11-19-41(35)43;;/h9-12,15-16,19-20,25-28,33-34,39-40,43-48,57-58H,13-14,17-18,21-24,29-32H2,1-4H3,(H,59,69)(H,60,70)(H,61,71)(H,62,72)(H,63,67)(H,64,68);2*1H/t33-,34-,39-,40-,43+,44+,45-,46-,47-,48-;;/m0../s1. The monoisotopic (exact) mass is 1080 g/mol. The Balaban J connectivity index is 0.00000469. The minimum atomic E-state index is -1.23. The summed E-state index contributed by atoms with van der Waals surface area (Å²) in [5.74, 6) is 7.34. The maximum atomic E-state index is 14.8.